The van der Waals surface area contributed by atoms with Gasteiger partial charge in [-0.3, -0.25) is 0 Å². The van der Waals surface area contributed by atoms with Gasteiger partial charge in [0.05, 0.1) is 22.4 Å². The van der Waals surface area contributed by atoms with E-state index in [1.165, 1.54) is 268 Å². The zero-order valence-electron chi connectivity index (χ0n) is 56.8. The van der Waals surface area contributed by atoms with Crippen molar-refractivity contribution in [2.24, 2.45) is 0 Å². The second kappa shape index (κ2) is 35.1. The monoisotopic (exact) mass is 1180 g/mol. The summed E-state index contributed by atoms with van der Waals surface area (Å²) >= 11 is 0. The maximum atomic E-state index is 6.07. The Bertz CT molecular complexity index is 3050. The van der Waals surface area contributed by atoms with E-state index < -0.39 is 0 Å². The number of aryl methyl sites for hydroxylation is 8. The summed E-state index contributed by atoms with van der Waals surface area (Å²) in [5, 5.41) is 5.25. The molecule has 5 heterocycles. The predicted octanol–water partition coefficient (Wildman–Crippen LogP) is 25.1. The lowest BCUT2D eigenvalue weighted by Gasteiger charge is -2.14. The zero-order valence-corrected chi connectivity index (χ0v) is 56.8. The normalized spacial score (nSPS) is 12.1. The molecule has 0 aliphatic carbocycles. The van der Waals surface area contributed by atoms with Crippen molar-refractivity contribution in [1.82, 2.24) is 29.9 Å². The maximum absolute atomic E-state index is 6.07. The van der Waals surface area contributed by atoms with E-state index in [0.29, 0.717) is 0 Å². The van der Waals surface area contributed by atoms with Gasteiger partial charge in [-0.25, -0.2) is 19.9 Å². The lowest BCUT2D eigenvalue weighted by atomic mass is 9.89. The van der Waals surface area contributed by atoms with E-state index in [2.05, 4.69) is 126 Å². The highest BCUT2D eigenvalue weighted by molar-refractivity contribution is 6.12. The summed E-state index contributed by atoms with van der Waals surface area (Å²) in [5.41, 5.74) is 22.7. The Morgan fingerprint density at radius 1 is 0.239 bits per heavy atom. The van der Waals surface area contributed by atoms with Gasteiger partial charge in [0.2, 0.25) is 0 Å². The number of rotatable bonds is 40. The van der Waals surface area contributed by atoms with Gasteiger partial charge in [0.25, 0.3) is 0 Å². The van der Waals surface area contributed by atoms with Crippen molar-refractivity contribution in [2.75, 3.05) is 0 Å². The number of benzene rings is 4. The fraction of sp³-hybridized carbons (Fsp3) is 0.585. The van der Waals surface area contributed by atoms with Crippen LogP contribution in [0.1, 0.15) is 305 Å². The SMILES string of the molecule is CCCCCCc1ccc(CCCCCC)c2c1-c1cc3[nH]c(nc4nc(nc5[nH]c(cc-2n1)c1c(CCCCCC)ccc(CCCCCC)c51)-c1c(CCCCCC)ccc(CCCCCC)c1-4)c1c(CCCCCC)ccc(CCCCCC)c31. The van der Waals surface area contributed by atoms with Crippen LogP contribution in [0.2, 0.25) is 0 Å². The van der Waals surface area contributed by atoms with Gasteiger partial charge >= 0.3 is 0 Å². The van der Waals surface area contributed by atoms with E-state index in [1.807, 2.05) is 0 Å². The number of aromatic amines is 2. The molecule has 0 saturated carbocycles. The summed E-state index contributed by atoms with van der Waals surface area (Å²) in [5.74, 6) is 1.64. The molecule has 7 aromatic rings. The molecule has 0 spiro atoms. The first kappa shape index (κ1) is 66.8. The lowest BCUT2D eigenvalue weighted by Crippen LogP contribution is -1.98. The van der Waals surface area contributed by atoms with E-state index in [4.69, 9.17) is 19.9 Å². The third-order valence-corrected chi connectivity index (χ3v) is 19.8. The van der Waals surface area contributed by atoms with E-state index in [1.54, 1.807) is 0 Å². The standard InChI is InChI=1S/C82H116N6/c1-9-17-25-33-41-59-49-50-60(42-34-26-18-10-2)72-68-58-70-74-62(44-36-28-20-12-4)52-54-64(46-38-30-22-14-6)76(74)80(85-70)87-82-78-66(48-40-32-24-16-8)56-55-65(47-39-31-23-15-7)77(78)81(88-82)86-79-75-63(45-37-29-21-13-5)53-51-61(43-35-27-19-11-3)73(75)69(84-79)57-67(83-68)71(59)72/h49-58H,9-48H2,1-8H3,(H2,84,85,86,87,88). The van der Waals surface area contributed by atoms with Gasteiger partial charge < -0.3 is 9.97 Å². The minimum atomic E-state index is 0.821. The predicted molar refractivity (Wildman–Crippen MR) is 383 cm³/mol. The molecule has 0 fully saturated rings. The highest BCUT2D eigenvalue weighted by atomic mass is 15.0. The molecule has 3 aromatic heterocycles. The molecule has 2 N–H and O–H groups in total. The second-order valence-electron chi connectivity index (χ2n) is 26.9. The Morgan fingerprint density at radius 3 is 0.750 bits per heavy atom. The molecule has 2 aliphatic rings. The molecule has 9 rings (SSSR count). The highest BCUT2D eigenvalue weighted by Gasteiger charge is 2.29. The van der Waals surface area contributed by atoms with Crippen molar-refractivity contribution in [2.45, 2.75) is 312 Å². The van der Waals surface area contributed by atoms with Crippen LogP contribution in [-0.4, -0.2) is 29.9 Å². The van der Waals surface area contributed by atoms with Crippen molar-refractivity contribution in [3.8, 4) is 45.3 Å². The molecule has 88 heavy (non-hydrogen) atoms. The van der Waals surface area contributed by atoms with Gasteiger partial charge in [0.1, 0.15) is 11.3 Å². The number of nitrogens with one attached hydrogen (secondary N) is 2. The Balaban J connectivity index is 1.48. The molecule has 0 atom stereocenters. The summed E-state index contributed by atoms with van der Waals surface area (Å²) in [7, 11) is 0. The molecule has 0 saturated heterocycles. The number of hydrogen-bond donors (Lipinski definition) is 2. The molecule has 0 radical (unpaired) electrons. The topological polar surface area (TPSA) is 83.1 Å². The highest BCUT2D eigenvalue weighted by Crippen LogP contribution is 2.46. The Kier molecular flexibility index (Phi) is 26.6. The smallest absolute Gasteiger partial charge is 0.165 e. The van der Waals surface area contributed by atoms with Crippen LogP contribution in [0.5, 0.6) is 0 Å². The molecule has 474 valence electrons. The molecule has 4 aromatic carbocycles. The van der Waals surface area contributed by atoms with Crippen LogP contribution in [-0.2, 0) is 51.4 Å². The van der Waals surface area contributed by atoms with E-state index in [9.17, 15) is 0 Å². The number of unbranched alkanes of at least 4 members (excludes halogenated alkanes) is 24. The molecule has 2 aliphatic heterocycles. The third-order valence-electron chi connectivity index (χ3n) is 19.8. The van der Waals surface area contributed by atoms with Gasteiger partial charge in [0, 0.05) is 43.8 Å². The first-order valence-corrected chi connectivity index (χ1v) is 37.1. The fourth-order valence-corrected chi connectivity index (χ4v) is 14.8. The minimum absolute atomic E-state index is 0.821. The van der Waals surface area contributed by atoms with Crippen molar-refractivity contribution in [1.29, 1.82) is 0 Å². The molecule has 0 amide bonds. The molecular weight excluding hydrogens is 1070 g/mol. The molecule has 6 nitrogen and oxygen atoms in total. The molecule has 8 bridgehead atoms. The van der Waals surface area contributed by atoms with Crippen LogP contribution in [0.25, 0.3) is 89.2 Å². The first-order valence-electron chi connectivity index (χ1n) is 37.1. The van der Waals surface area contributed by atoms with Gasteiger partial charge in [-0.1, -0.05) is 258 Å². The van der Waals surface area contributed by atoms with Gasteiger partial charge in [-0.05, 0) is 159 Å². The Labute approximate surface area is 533 Å². The van der Waals surface area contributed by atoms with Crippen molar-refractivity contribution in [3.63, 3.8) is 0 Å². The Morgan fingerprint density at radius 2 is 0.477 bits per heavy atom. The van der Waals surface area contributed by atoms with Crippen LogP contribution < -0.4 is 0 Å². The quantitative estimate of drug-likeness (QED) is 0.0375. The number of H-pyrrole nitrogens is 2. The molecule has 0 unspecified atom stereocenters. The maximum Gasteiger partial charge on any atom is 0.165 e. The number of nitrogens with zero attached hydrogens (tertiary/aromatic N) is 4. The third kappa shape index (κ3) is 16.7. The van der Waals surface area contributed by atoms with Gasteiger partial charge in [-0.15, -0.1) is 0 Å². The summed E-state index contributed by atoms with van der Waals surface area (Å²) in [6.07, 6.45) is 47.3. The van der Waals surface area contributed by atoms with Crippen molar-refractivity contribution < 1.29 is 0 Å². The fourth-order valence-electron chi connectivity index (χ4n) is 14.8. The van der Waals surface area contributed by atoms with Crippen LogP contribution in [0.4, 0.5) is 0 Å². The Hall–Kier alpha value is -5.62. The number of hydrogen-bond acceptors (Lipinski definition) is 4. The van der Waals surface area contributed by atoms with Crippen LogP contribution >= 0.6 is 0 Å². The largest absolute Gasteiger partial charge is 0.339 e. The zero-order chi connectivity index (χ0) is 61.5. The van der Waals surface area contributed by atoms with E-state index in [-0.39, 0.29) is 0 Å². The van der Waals surface area contributed by atoms with Gasteiger partial charge in [-0.2, -0.15) is 0 Å². The van der Waals surface area contributed by atoms with E-state index >= 15 is 0 Å². The molecular formula is C82H116N6. The number of aromatic nitrogens is 6. The van der Waals surface area contributed by atoms with Gasteiger partial charge in [0.15, 0.2) is 11.6 Å². The number of fused-ring (bicyclic) bond motifs is 20. The van der Waals surface area contributed by atoms with Crippen LogP contribution in [0.3, 0.4) is 0 Å². The average Bonchev–Trinajstić information content (AvgIpc) is 1.84. The summed E-state index contributed by atoms with van der Waals surface area (Å²) in [4.78, 5) is 32.5. The first-order chi connectivity index (χ1) is 43.4. The van der Waals surface area contributed by atoms with Crippen LogP contribution in [0, 0.1) is 0 Å². The summed E-state index contributed by atoms with van der Waals surface area (Å²) in [6.45, 7) is 18.7. The lowest BCUT2D eigenvalue weighted by molar-refractivity contribution is 0.664. The second-order valence-corrected chi connectivity index (χ2v) is 26.9. The van der Waals surface area contributed by atoms with Crippen molar-refractivity contribution in [3.05, 3.63) is 105 Å². The summed E-state index contributed by atoms with van der Waals surface area (Å²) < 4.78 is 0. The summed E-state index contributed by atoms with van der Waals surface area (Å²) in [6, 6.07) is 24.9. The van der Waals surface area contributed by atoms with E-state index in [0.717, 1.165) is 122 Å². The average molecular weight is 1190 g/mol. The van der Waals surface area contributed by atoms with Crippen LogP contribution in [0.15, 0.2) is 60.7 Å². The van der Waals surface area contributed by atoms with Crippen molar-refractivity contribution >= 4 is 43.9 Å². The minimum Gasteiger partial charge on any atom is -0.339 e. The molecule has 6 heteroatoms.